The fraction of sp³-hybridized carbons (Fsp3) is 0.429. The van der Waals surface area contributed by atoms with Crippen molar-refractivity contribution in [3.8, 4) is 0 Å². The average Bonchev–Trinajstić information content (AvgIpc) is 3.43. The summed E-state index contributed by atoms with van der Waals surface area (Å²) in [7, 11) is 0. The number of hydrogen-bond acceptors (Lipinski definition) is 7. The zero-order valence-electron chi connectivity index (χ0n) is 22.6. The molecular weight excluding hydrogens is 563 g/mol. The first kappa shape index (κ1) is 30.9. The third kappa shape index (κ3) is 7.60. The number of benzene rings is 1. The Hall–Kier alpha value is -4.07. The molecule has 1 aromatic heterocycles. The zero-order valence-corrected chi connectivity index (χ0v) is 22.6. The number of alkyl halides is 3. The summed E-state index contributed by atoms with van der Waals surface area (Å²) in [6, 6.07) is 3.06. The molecule has 9 nitrogen and oxygen atoms in total. The fourth-order valence-corrected chi connectivity index (χ4v) is 4.80. The van der Waals surface area contributed by atoms with Crippen LogP contribution in [0.2, 0.25) is 0 Å². The Morgan fingerprint density at radius 1 is 1.17 bits per heavy atom. The van der Waals surface area contributed by atoms with Crippen LogP contribution in [0.1, 0.15) is 49.8 Å². The maximum Gasteiger partial charge on any atom is 0.418 e. The van der Waals surface area contributed by atoms with Crippen LogP contribution < -0.4 is 21.7 Å². The van der Waals surface area contributed by atoms with Gasteiger partial charge in [0.15, 0.2) is 0 Å². The van der Waals surface area contributed by atoms with E-state index in [1.54, 1.807) is 0 Å². The lowest BCUT2D eigenvalue weighted by Crippen LogP contribution is -2.59. The highest BCUT2D eigenvalue weighted by Gasteiger charge is 2.44. The molecule has 4 rings (SSSR count). The molecule has 0 unspecified atom stereocenters. The molecule has 2 aliphatic rings. The van der Waals surface area contributed by atoms with E-state index in [4.69, 9.17) is 10.5 Å². The molecule has 2 fully saturated rings. The van der Waals surface area contributed by atoms with Crippen molar-refractivity contribution in [1.29, 1.82) is 0 Å². The lowest BCUT2D eigenvalue weighted by atomic mass is 9.96. The Morgan fingerprint density at radius 2 is 1.93 bits per heavy atom. The topological polar surface area (TPSA) is 131 Å². The van der Waals surface area contributed by atoms with Crippen LogP contribution in [0.3, 0.4) is 0 Å². The largest absolute Gasteiger partial charge is 0.418 e. The van der Waals surface area contributed by atoms with E-state index in [0.717, 1.165) is 62.7 Å². The molecule has 2 amide bonds. The Morgan fingerprint density at radius 3 is 2.57 bits per heavy atom. The third-order valence-corrected chi connectivity index (χ3v) is 7.15. The van der Waals surface area contributed by atoms with Gasteiger partial charge in [0, 0.05) is 37.6 Å². The van der Waals surface area contributed by atoms with Crippen LogP contribution in [-0.4, -0.2) is 47.8 Å². The number of nitrogens with zero attached hydrogens (tertiary/aromatic N) is 2. The highest BCUT2D eigenvalue weighted by atomic mass is 19.4. The molecule has 42 heavy (non-hydrogen) atoms. The van der Waals surface area contributed by atoms with E-state index in [1.807, 2.05) is 0 Å². The lowest BCUT2D eigenvalue weighted by Gasteiger charge is -2.27. The number of hydrogen-bond donors (Lipinski definition) is 4. The van der Waals surface area contributed by atoms with Crippen molar-refractivity contribution in [3.63, 3.8) is 0 Å². The summed E-state index contributed by atoms with van der Waals surface area (Å²) >= 11 is 0. The summed E-state index contributed by atoms with van der Waals surface area (Å²) < 4.78 is 73.4. The molecule has 2 aromatic rings. The molecule has 1 aromatic carbocycles. The van der Waals surface area contributed by atoms with Crippen molar-refractivity contribution in [2.45, 2.75) is 62.8 Å². The van der Waals surface area contributed by atoms with Crippen LogP contribution in [0, 0.1) is 11.6 Å². The van der Waals surface area contributed by atoms with Gasteiger partial charge < -0.3 is 26.4 Å². The number of ether oxygens (including phenoxy) is 1. The van der Waals surface area contributed by atoms with Gasteiger partial charge in [0.25, 0.3) is 5.91 Å². The Labute approximate surface area is 238 Å². The van der Waals surface area contributed by atoms with Gasteiger partial charge in [-0.05, 0) is 31.0 Å². The van der Waals surface area contributed by atoms with E-state index in [9.17, 15) is 31.5 Å². The first-order chi connectivity index (χ1) is 20.0. The van der Waals surface area contributed by atoms with Gasteiger partial charge in [0.2, 0.25) is 5.91 Å². The van der Waals surface area contributed by atoms with E-state index in [1.165, 1.54) is 6.21 Å². The Bertz CT molecular complexity index is 1350. The van der Waals surface area contributed by atoms with E-state index < -0.39 is 46.4 Å². The minimum Gasteiger partial charge on any atom is -0.404 e. The number of pyridine rings is 1. The van der Waals surface area contributed by atoms with Crippen LogP contribution >= 0.6 is 0 Å². The average molecular weight is 595 g/mol. The van der Waals surface area contributed by atoms with Gasteiger partial charge >= 0.3 is 6.18 Å². The first-order valence-electron chi connectivity index (χ1n) is 13.4. The molecule has 1 saturated carbocycles. The van der Waals surface area contributed by atoms with Gasteiger partial charge in [-0.1, -0.05) is 19.3 Å². The Kier molecular flexibility index (Phi) is 9.76. The van der Waals surface area contributed by atoms with E-state index in [-0.39, 0.29) is 49.2 Å². The van der Waals surface area contributed by atoms with E-state index in [0.29, 0.717) is 6.07 Å². The summed E-state index contributed by atoms with van der Waals surface area (Å²) in [5.41, 5.74) is 2.22. The van der Waals surface area contributed by atoms with Crippen LogP contribution in [0.5, 0.6) is 0 Å². The molecule has 0 bridgehead atoms. The summed E-state index contributed by atoms with van der Waals surface area (Å²) in [5, 5.41) is 7.62. The number of aromatic nitrogens is 1. The van der Waals surface area contributed by atoms with E-state index >= 15 is 0 Å². The van der Waals surface area contributed by atoms with Crippen molar-refractivity contribution in [1.82, 2.24) is 15.6 Å². The Balaban J connectivity index is 1.40. The summed E-state index contributed by atoms with van der Waals surface area (Å²) in [4.78, 5) is 34.5. The maximum atomic E-state index is 14.8. The highest BCUT2D eigenvalue weighted by molar-refractivity contribution is 6.13. The van der Waals surface area contributed by atoms with Crippen molar-refractivity contribution < 1.29 is 36.3 Å². The molecule has 0 radical (unpaired) electrons. The molecule has 1 aliphatic heterocycles. The number of carbonyl (C=O) groups is 2. The van der Waals surface area contributed by atoms with Gasteiger partial charge in [-0.2, -0.15) is 13.2 Å². The lowest BCUT2D eigenvalue weighted by molar-refractivity contribution is -0.137. The molecular formula is C28H31F5N6O3. The minimum absolute atomic E-state index is 0.0882. The predicted octanol–water partition coefficient (Wildman–Crippen LogP) is 4.26. The third-order valence-electron chi connectivity index (χ3n) is 7.15. The standard InChI is InChI=1S/C28H31F5N6O3/c29-18-6-7-23(21(10-18)28(31,32)33)38-20-11-22(30)24(36-14-20)15-37-26(41)27(8-9-42-16-27)39-25(40)17(12-34)13-35-19-4-2-1-3-5-19/h6-7,10-14,19,38H,1-5,8-9,15-16,34H2,(H,37,41)(H,39,40)/t27-/m0/s1. The number of anilines is 2. The number of carbonyl (C=O) groups excluding carboxylic acids is 2. The second-order valence-corrected chi connectivity index (χ2v) is 10.2. The first-order valence-corrected chi connectivity index (χ1v) is 13.4. The van der Waals surface area contributed by atoms with Gasteiger partial charge in [0.05, 0.1) is 47.6 Å². The molecule has 14 heteroatoms. The van der Waals surface area contributed by atoms with E-state index in [2.05, 4.69) is 25.9 Å². The van der Waals surface area contributed by atoms with Crippen LogP contribution in [0.25, 0.3) is 0 Å². The second-order valence-electron chi connectivity index (χ2n) is 10.2. The van der Waals surface area contributed by atoms with Crippen molar-refractivity contribution >= 4 is 29.4 Å². The summed E-state index contributed by atoms with van der Waals surface area (Å²) in [6.45, 7) is -0.308. The number of nitrogens with two attached hydrogens (primary N) is 1. The van der Waals surface area contributed by atoms with Gasteiger partial charge in [-0.15, -0.1) is 0 Å². The van der Waals surface area contributed by atoms with Crippen molar-refractivity contribution in [3.05, 3.63) is 65.1 Å². The summed E-state index contributed by atoms with van der Waals surface area (Å²) in [6.07, 6.45) is 4.05. The number of halogens is 5. The smallest absolute Gasteiger partial charge is 0.404 e. The second kappa shape index (κ2) is 13.3. The molecule has 1 atom stereocenters. The fourth-order valence-electron chi connectivity index (χ4n) is 4.80. The summed E-state index contributed by atoms with van der Waals surface area (Å²) in [5.74, 6) is -3.24. The monoisotopic (exact) mass is 594 g/mol. The maximum absolute atomic E-state index is 14.8. The van der Waals surface area contributed by atoms with Gasteiger partial charge in [0.1, 0.15) is 17.2 Å². The molecule has 2 heterocycles. The quantitative estimate of drug-likeness (QED) is 0.195. The molecule has 5 N–H and O–H groups in total. The highest BCUT2D eigenvalue weighted by Crippen LogP contribution is 2.36. The minimum atomic E-state index is -4.85. The SMILES string of the molecule is NC=C(C=NC1CCCCC1)C(=O)N[C@@]1(C(=O)NCc2ncc(Nc3ccc(F)cc3C(F)(F)F)cc2F)CCOC1. The number of amides is 2. The molecule has 1 saturated heterocycles. The van der Waals surface area contributed by atoms with Crippen LogP contribution in [0.4, 0.5) is 33.3 Å². The van der Waals surface area contributed by atoms with Crippen molar-refractivity contribution in [2.75, 3.05) is 18.5 Å². The van der Waals surface area contributed by atoms with Crippen LogP contribution in [-0.2, 0) is 27.0 Å². The number of aliphatic imine (C=N–C) groups is 1. The van der Waals surface area contributed by atoms with Gasteiger partial charge in [-0.25, -0.2) is 8.78 Å². The normalized spacial score (nSPS) is 20.1. The predicted molar refractivity (Wildman–Crippen MR) is 145 cm³/mol. The zero-order chi connectivity index (χ0) is 30.3. The molecule has 1 aliphatic carbocycles. The van der Waals surface area contributed by atoms with Crippen LogP contribution in [0.15, 0.2) is 47.2 Å². The molecule has 0 spiro atoms. The van der Waals surface area contributed by atoms with Crippen molar-refractivity contribution in [2.24, 2.45) is 10.7 Å². The van der Waals surface area contributed by atoms with Gasteiger partial charge in [-0.3, -0.25) is 19.6 Å². The number of nitrogens with one attached hydrogen (secondary N) is 3. The molecule has 226 valence electrons. The number of rotatable bonds is 9.